The Balaban J connectivity index is 1.97. The fraction of sp³-hybridized carbons (Fsp3) is 0.154. The Morgan fingerprint density at radius 2 is 1.94 bits per heavy atom. The molecule has 0 saturated carbocycles. The van der Waals surface area contributed by atoms with Crippen molar-refractivity contribution in [1.29, 1.82) is 0 Å². The number of rotatable bonds is 4. The highest BCUT2D eigenvalue weighted by atomic mass is 32.2. The summed E-state index contributed by atoms with van der Waals surface area (Å²) >= 11 is 2.93. The lowest BCUT2D eigenvalue weighted by Crippen LogP contribution is -1.93. The molecule has 0 amide bonds. The molecule has 2 aromatic rings. The van der Waals surface area contributed by atoms with Gasteiger partial charge in [0, 0.05) is 5.56 Å². The highest BCUT2D eigenvalue weighted by molar-refractivity contribution is 8.03. The number of aromatic nitrogens is 2. The molecule has 18 heavy (non-hydrogen) atoms. The number of benzene rings is 1. The van der Waals surface area contributed by atoms with Crippen LogP contribution in [0.25, 0.3) is 0 Å². The Labute approximate surface area is 114 Å². The van der Waals surface area contributed by atoms with E-state index in [1.54, 1.807) is 11.5 Å². The van der Waals surface area contributed by atoms with Crippen LogP contribution in [0.15, 0.2) is 40.1 Å². The Morgan fingerprint density at radius 1 is 1.22 bits per heavy atom. The lowest BCUT2D eigenvalue weighted by molar-refractivity contribution is 0.104. The van der Waals surface area contributed by atoms with Crippen molar-refractivity contribution in [3.05, 3.63) is 51.9 Å². The van der Waals surface area contributed by atoms with Crippen molar-refractivity contribution >= 4 is 28.9 Å². The van der Waals surface area contributed by atoms with Gasteiger partial charge in [-0.3, -0.25) is 4.79 Å². The topological polar surface area (TPSA) is 42.9 Å². The molecule has 0 fully saturated rings. The number of allylic oxidation sites excluding steroid dienone is 1. The molecule has 0 unspecified atom stereocenters. The zero-order valence-corrected chi connectivity index (χ0v) is 11.7. The SMILES string of the molecule is Cc1ccc(C(=O)/C=C/Sc2nnc(C)s2)cc1. The van der Waals surface area contributed by atoms with Gasteiger partial charge in [-0.1, -0.05) is 52.9 Å². The first kappa shape index (κ1) is 13.0. The molecule has 1 aromatic heterocycles. The number of aryl methyl sites for hydroxylation is 2. The molecule has 0 aliphatic rings. The highest BCUT2D eigenvalue weighted by Crippen LogP contribution is 2.22. The summed E-state index contributed by atoms with van der Waals surface area (Å²) in [5, 5.41) is 10.6. The lowest BCUT2D eigenvalue weighted by Gasteiger charge is -1.96. The molecule has 0 bridgehead atoms. The van der Waals surface area contributed by atoms with E-state index < -0.39 is 0 Å². The van der Waals surface area contributed by atoms with Crippen molar-refractivity contribution < 1.29 is 4.79 Å². The van der Waals surface area contributed by atoms with Gasteiger partial charge in [-0.25, -0.2) is 0 Å². The average Bonchev–Trinajstić information content (AvgIpc) is 2.76. The second kappa shape index (κ2) is 5.93. The van der Waals surface area contributed by atoms with Crippen LogP contribution in [0.3, 0.4) is 0 Å². The molecule has 0 spiro atoms. The van der Waals surface area contributed by atoms with Gasteiger partial charge in [0.15, 0.2) is 10.1 Å². The normalized spacial score (nSPS) is 11.0. The molecule has 0 radical (unpaired) electrons. The highest BCUT2D eigenvalue weighted by Gasteiger charge is 2.02. The molecule has 0 aliphatic heterocycles. The standard InChI is InChI=1S/C13H12N2OS2/c1-9-3-5-11(6-4-9)12(16)7-8-17-13-15-14-10(2)18-13/h3-8H,1-2H3/b8-7+. The molecule has 0 aliphatic carbocycles. The Morgan fingerprint density at radius 3 is 2.56 bits per heavy atom. The maximum Gasteiger partial charge on any atom is 0.186 e. The molecule has 1 aromatic carbocycles. The van der Waals surface area contributed by atoms with Crippen molar-refractivity contribution in [1.82, 2.24) is 10.2 Å². The first-order valence-corrected chi connectivity index (χ1v) is 7.09. The number of thioether (sulfide) groups is 1. The quantitative estimate of drug-likeness (QED) is 0.486. The molecular weight excluding hydrogens is 264 g/mol. The largest absolute Gasteiger partial charge is 0.289 e. The number of nitrogens with zero attached hydrogens (tertiary/aromatic N) is 2. The second-order valence-corrected chi connectivity index (χ2v) is 6.07. The van der Waals surface area contributed by atoms with Gasteiger partial charge in [0.2, 0.25) is 0 Å². The van der Waals surface area contributed by atoms with Gasteiger partial charge in [0.05, 0.1) is 0 Å². The van der Waals surface area contributed by atoms with E-state index in [9.17, 15) is 4.79 Å². The van der Waals surface area contributed by atoms with Crippen LogP contribution < -0.4 is 0 Å². The van der Waals surface area contributed by atoms with Crippen molar-refractivity contribution in [3.8, 4) is 0 Å². The molecule has 0 saturated heterocycles. The third-order valence-corrected chi connectivity index (χ3v) is 3.96. The third-order valence-electron chi connectivity index (χ3n) is 2.23. The van der Waals surface area contributed by atoms with Crippen LogP contribution in [0.5, 0.6) is 0 Å². The maximum atomic E-state index is 11.8. The van der Waals surface area contributed by atoms with Crippen molar-refractivity contribution in [2.45, 2.75) is 18.2 Å². The van der Waals surface area contributed by atoms with Crippen molar-refractivity contribution in [2.75, 3.05) is 0 Å². The third kappa shape index (κ3) is 3.51. The number of ketones is 1. The predicted octanol–water partition coefficient (Wildman–Crippen LogP) is 3.64. The summed E-state index contributed by atoms with van der Waals surface area (Å²) in [7, 11) is 0. The van der Waals surface area contributed by atoms with Gasteiger partial charge in [0.1, 0.15) is 5.01 Å². The summed E-state index contributed by atoms with van der Waals surface area (Å²) in [6, 6.07) is 7.54. The molecule has 2 rings (SSSR count). The second-order valence-electron chi connectivity index (χ2n) is 3.74. The number of carbonyl (C=O) groups excluding carboxylic acids is 1. The summed E-state index contributed by atoms with van der Waals surface area (Å²) in [4.78, 5) is 11.8. The zero-order valence-electron chi connectivity index (χ0n) is 10.1. The van der Waals surface area contributed by atoms with Gasteiger partial charge in [-0.05, 0) is 25.3 Å². The maximum absolute atomic E-state index is 11.8. The van der Waals surface area contributed by atoms with E-state index in [1.807, 2.05) is 38.1 Å². The number of hydrogen-bond acceptors (Lipinski definition) is 5. The number of carbonyl (C=O) groups is 1. The first-order chi connectivity index (χ1) is 8.65. The van der Waals surface area contributed by atoms with Gasteiger partial charge in [0.25, 0.3) is 0 Å². The first-order valence-electron chi connectivity index (χ1n) is 5.39. The Hall–Kier alpha value is -1.46. The minimum atomic E-state index is 0.00346. The zero-order chi connectivity index (χ0) is 13.0. The average molecular weight is 276 g/mol. The molecule has 0 atom stereocenters. The van der Waals surface area contributed by atoms with E-state index in [0.717, 1.165) is 14.9 Å². The van der Waals surface area contributed by atoms with Gasteiger partial charge in [-0.2, -0.15) is 0 Å². The molecule has 5 heteroatoms. The monoisotopic (exact) mass is 276 g/mol. The predicted molar refractivity (Wildman–Crippen MR) is 75.2 cm³/mol. The van der Waals surface area contributed by atoms with E-state index in [1.165, 1.54) is 23.1 Å². The minimum absolute atomic E-state index is 0.00346. The van der Waals surface area contributed by atoms with Gasteiger partial charge in [-0.15, -0.1) is 10.2 Å². The summed E-state index contributed by atoms with van der Waals surface area (Å²) in [6.07, 6.45) is 1.56. The summed E-state index contributed by atoms with van der Waals surface area (Å²) in [6.45, 7) is 3.90. The van der Waals surface area contributed by atoms with E-state index >= 15 is 0 Å². The van der Waals surface area contributed by atoms with Gasteiger partial charge >= 0.3 is 0 Å². The van der Waals surface area contributed by atoms with E-state index in [4.69, 9.17) is 0 Å². The molecule has 1 heterocycles. The molecule has 3 nitrogen and oxygen atoms in total. The smallest absolute Gasteiger partial charge is 0.186 e. The van der Waals surface area contributed by atoms with Crippen molar-refractivity contribution in [3.63, 3.8) is 0 Å². The minimum Gasteiger partial charge on any atom is -0.289 e. The lowest BCUT2D eigenvalue weighted by atomic mass is 10.1. The van der Waals surface area contributed by atoms with Crippen LogP contribution in [-0.2, 0) is 0 Å². The van der Waals surface area contributed by atoms with Crippen LogP contribution in [0, 0.1) is 13.8 Å². The van der Waals surface area contributed by atoms with Crippen LogP contribution in [0.2, 0.25) is 0 Å². The summed E-state index contributed by atoms with van der Waals surface area (Å²) in [5.41, 5.74) is 1.85. The molecule has 0 N–H and O–H groups in total. The summed E-state index contributed by atoms with van der Waals surface area (Å²) in [5.74, 6) is 0.00346. The Kier molecular flexibility index (Phi) is 4.28. The van der Waals surface area contributed by atoms with E-state index in [2.05, 4.69) is 10.2 Å². The summed E-state index contributed by atoms with van der Waals surface area (Å²) < 4.78 is 0.848. The van der Waals surface area contributed by atoms with Crippen molar-refractivity contribution in [2.24, 2.45) is 0 Å². The fourth-order valence-electron chi connectivity index (χ4n) is 1.29. The van der Waals surface area contributed by atoms with Crippen LogP contribution >= 0.6 is 23.1 Å². The van der Waals surface area contributed by atoms with Crippen LogP contribution in [0.1, 0.15) is 20.9 Å². The molecular formula is C13H12N2OS2. The number of hydrogen-bond donors (Lipinski definition) is 0. The molecule has 92 valence electrons. The van der Waals surface area contributed by atoms with Crippen LogP contribution in [-0.4, -0.2) is 16.0 Å². The van der Waals surface area contributed by atoms with E-state index in [-0.39, 0.29) is 5.78 Å². The van der Waals surface area contributed by atoms with Crippen LogP contribution in [0.4, 0.5) is 0 Å². The van der Waals surface area contributed by atoms with Gasteiger partial charge < -0.3 is 0 Å². The Bertz CT molecular complexity index is 573. The van der Waals surface area contributed by atoms with E-state index in [0.29, 0.717) is 5.56 Å². The fourth-order valence-corrected chi connectivity index (χ4v) is 2.83.